The van der Waals surface area contributed by atoms with Crippen molar-refractivity contribution in [1.82, 2.24) is 19.7 Å². The molecule has 4 rings (SSSR count). The van der Waals surface area contributed by atoms with Crippen molar-refractivity contribution in [3.8, 4) is 11.1 Å². The van der Waals surface area contributed by atoms with Gasteiger partial charge in [0.05, 0.1) is 11.7 Å². The lowest BCUT2D eigenvalue weighted by Crippen LogP contribution is -2.13. The van der Waals surface area contributed by atoms with E-state index in [4.69, 9.17) is 5.73 Å². The first-order valence-corrected chi connectivity index (χ1v) is 9.06. The number of benzene rings is 1. The first-order chi connectivity index (χ1) is 13.4. The van der Waals surface area contributed by atoms with Crippen molar-refractivity contribution < 1.29 is 4.79 Å². The number of nitrogens with two attached hydrogens (primary N) is 1. The summed E-state index contributed by atoms with van der Waals surface area (Å²) in [6.07, 6.45) is 4.46. The lowest BCUT2D eigenvalue weighted by atomic mass is 9.98. The van der Waals surface area contributed by atoms with E-state index in [0.29, 0.717) is 0 Å². The van der Waals surface area contributed by atoms with Gasteiger partial charge in [0.1, 0.15) is 5.69 Å². The van der Waals surface area contributed by atoms with Gasteiger partial charge < -0.3 is 5.73 Å². The predicted octanol–water partition coefficient (Wildman–Crippen LogP) is 3.34. The molecule has 0 unspecified atom stereocenters. The maximum Gasteiger partial charge on any atom is 0.267 e. The summed E-state index contributed by atoms with van der Waals surface area (Å²) in [5.41, 5.74) is 12.7. The third-order valence-electron chi connectivity index (χ3n) is 4.69. The van der Waals surface area contributed by atoms with Crippen molar-refractivity contribution in [2.45, 2.75) is 20.3 Å². The fourth-order valence-electron chi connectivity index (χ4n) is 3.57. The first kappa shape index (κ1) is 17.9. The van der Waals surface area contributed by atoms with Crippen molar-refractivity contribution in [2.24, 2.45) is 12.8 Å². The topological polar surface area (TPSA) is 86.7 Å². The number of aromatic nitrogens is 4. The maximum absolute atomic E-state index is 11.8. The van der Waals surface area contributed by atoms with E-state index < -0.39 is 5.91 Å². The summed E-state index contributed by atoms with van der Waals surface area (Å²) < 4.78 is 1.73. The molecule has 0 saturated carbocycles. The van der Waals surface area contributed by atoms with Gasteiger partial charge in [-0.25, -0.2) is 4.98 Å². The number of rotatable bonds is 4. The highest BCUT2D eigenvalue weighted by molar-refractivity contribution is 6.00. The fraction of sp³-hybridized carbons (Fsp3) is 0.182. The molecule has 0 fully saturated rings. The molecule has 2 N–H and O–H groups in total. The molecule has 1 amide bonds. The van der Waals surface area contributed by atoms with Crippen molar-refractivity contribution in [3.63, 3.8) is 0 Å². The number of pyridine rings is 2. The van der Waals surface area contributed by atoms with Gasteiger partial charge in [0.25, 0.3) is 5.91 Å². The Morgan fingerprint density at radius 3 is 2.43 bits per heavy atom. The first-order valence-electron chi connectivity index (χ1n) is 9.06. The molecule has 0 radical (unpaired) electrons. The summed E-state index contributed by atoms with van der Waals surface area (Å²) in [5, 5.41) is 5.20. The zero-order valence-electron chi connectivity index (χ0n) is 16.1. The maximum atomic E-state index is 11.8. The largest absolute Gasteiger partial charge is 0.364 e. The Balaban J connectivity index is 1.83. The Bertz CT molecular complexity index is 1190. The molecule has 4 aromatic rings. The minimum Gasteiger partial charge on any atom is -0.364 e. The molecule has 6 heteroatoms. The number of aryl methyl sites for hydroxylation is 3. The van der Waals surface area contributed by atoms with Crippen molar-refractivity contribution in [2.75, 3.05) is 0 Å². The SMILES string of the molecule is Cc1cc(Cc2ccc3c(-c4cnn(C)c4)cc(C(N)=O)nc3c2)cc(C)n1. The Labute approximate surface area is 163 Å². The number of primary amides is 1. The molecule has 3 heterocycles. The number of nitrogens with zero attached hydrogens (tertiary/aromatic N) is 4. The summed E-state index contributed by atoms with van der Waals surface area (Å²) in [6, 6.07) is 12.1. The van der Waals surface area contributed by atoms with E-state index in [1.807, 2.05) is 39.2 Å². The van der Waals surface area contributed by atoms with E-state index in [1.54, 1.807) is 16.9 Å². The molecule has 6 nitrogen and oxygen atoms in total. The average molecular weight is 371 g/mol. The van der Waals surface area contributed by atoms with Crippen LogP contribution in [0.25, 0.3) is 22.0 Å². The van der Waals surface area contributed by atoms with Crippen LogP contribution in [0.15, 0.2) is 48.8 Å². The Hall–Kier alpha value is -3.54. The predicted molar refractivity (Wildman–Crippen MR) is 109 cm³/mol. The Kier molecular flexibility index (Phi) is 4.39. The summed E-state index contributed by atoms with van der Waals surface area (Å²) >= 11 is 0. The zero-order chi connectivity index (χ0) is 19.8. The summed E-state index contributed by atoms with van der Waals surface area (Å²) in [7, 11) is 1.86. The Morgan fingerprint density at radius 1 is 1.04 bits per heavy atom. The lowest BCUT2D eigenvalue weighted by Gasteiger charge is -2.10. The van der Waals surface area contributed by atoms with Gasteiger partial charge in [-0.05, 0) is 61.2 Å². The minimum absolute atomic E-state index is 0.249. The molecule has 28 heavy (non-hydrogen) atoms. The van der Waals surface area contributed by atoms with E-state index in [0.717, 1.165) is 45.4 Å². The molecule has 3 aromatic heterocycles. The average Bonchev–Trinajstić information content (AvgIpc) is 3.05. The molecule has 1 aromatic carbocycles. The van der Waals surface area contributed by atoms with Crippen LogP contribution in [0, 0.1) is 13.8 Å². The van der Waals surface area contributed by atoms with Crippen LogP contribution in [-0.4, -0.2) is 25.7 Å². The second kappa shape index (κ2) is 6.88. The van der Waals surface area contributed by atoms with Gasteiger partial charge in [0, 0.05) is 35.6 Å². The van der Waals surface area contributed by atoms with Crippen LogP contribution in [0.4, 0.5) is 0 Å². The monoisotopic (exact) mass is 371 g/mol. The van der Waals surface area contributed by atoms with Gasteiger partial charge in [0.15, 0.2) is 0 Å². The fourth-order valence-corrected chi connectivity index (χ4v) is 3.57. The van der Waals surface area contributed by atoms with Crippen LogP contribution in [-0.2, 0) is 13.5 Å². The van der Waals surface area contributed by atoms with Gasteiger partial charge >= 0.3 is 0 Å². The van der Waals surface area contributed by atoms with Crippen molar-refractivity contribution in [1.29, 1.82) is 0 Å². The quantitative estimate of drug-likeness (QED) is 0.596. The van der Waals surface area contributed by atoms with E-state index in [1.165, 1.54) is 5.56 Å². The van der Waals surface area contributed by atoms with Crippen LogP contribution in [0.3, 0.4) is 0 Å². The summed E-state index contributed by atoms with van der Waals surface area (Å²) in [4.78, 5) is 20.7. The minimum atomic E-state index is -0.544. The molecule has 0 aliphatic heterocycles. The van der Waals surface area contributed by atoms with Crippen molar-refractivity contribution in [3.05, 3.63) is 77.0 Å². The molecule has 0 aliphatic carbocycles. The van der Waals surface area contributed by atoms with Crippen LogP contribution in [0.2, 0.25) is 0 Å². The molecular formula is C22H21N5O. The second-order valence-corrected chi connectivity index (χ2v) is 7.11. The number of hydrogen-bond acceptors (Lipinski definition) is 4. The van der Waals surface area contributed by atoms with Crippen LogP contribution >= 0.6 is 0 Å². The highest BCUT2D eigenvalue weighted by Gasteiger charge is 2.13. The van der Waals surface area contributed by atoms with E-state index in [2.05, 4.69) is 33.3 Å². The van der Waals surface area contributed by atoms with Gasteiger partial charge in [-0.1, -0.05) is 12.1 Å². The molecule has 140 valence electrons. The van der Waals surface area contributed by atoms with Crippen molar-refractivity contribution >= 4 is 16.8 Å². The molecule has 0 atom stereocenters. The second-order valence-electron chi connectivity index (χ2n) is 7.11. The van der Waals surface area contributed by atoms with Gasteiger partial charge in [-0.15, -0.1) is 0 Å². The lowest BCUT2D eigenvalue weighted by molar-refractivity contribution is 0.0996. The van der Waals surface area contributed by atoms with E-state index in [-0.39, 0.29) is 5.69 Å². The molecule has 0 saturated heterocycles. The molecule has 0 bridgehead atoms. The van der Waals surface area contributed by atoms with E-state index in [9.17, 15) is 4.79 Å². The smallest absolute Gasteiger partial charge is 0.267 e. The van der Waals surface area contributed by atoms with E-state index >= 15 is 0 Å². The summed E-state index contributed by atoms with van der Waals surface area (Å²) in [5.74, 6) is -0.544. The number of carbonyl (C=O) groups excluding carboxylic acids is 1. The third-order valence-corrected chi connectivity index (χ3v) is 4.69. The highest BCUT2D eigenvalue weighted by Crippen LogP contribution is 2.29. The zero-order valence-corrected chi connectivity index (χ0v) is 16.1. The van der Waals surface area contributed by atoms with Crippen LogP contribution in [0.1, 0.15) is 33.0 Å². The molecule has 0 spiro atoms. The normalized spacial score (nSPS) is 11.1. The van der Waals surface area contributed by atoms with Gasteiger partial charge in [-0.2, -0.15) is 5.10 Å². The third kappa shape index (κ3) is 3.49. The number of fused-ring (bicyclic) bond motifs is 1. The van der Waals surface area contributed by atoms with Gasteiger partial charge in [-0.3, -0.25) is 14.5 Å². The number of hydrogen-bond donors (Lipinski definition) is 1. The number of amides is 1. The summed E-state index contributed by atoms with van der Waals surface area (Å²) in [6.45, 7) is 4.00. The molecule has 0 aliphatic rings. The molecular weight excluding hydrogens is 350 g/mol. The van der Waals surface area contributed by atoms with Crippen LogP contribution < -0.4 is 5.73 Å². The van der Waals surface area contributed by atoms with Gasteiger partial charge in [0.2, 0.25) is 0 Å². The van der Waals surface area contributed by atoms with Crippen LogP contribution in [0.5, 0.6) is 0 Å². The standard InChI is InChI=1S/C22H21N5O/c1-13-6-16(7-14(2)25-13)8-15-4-5-18-19(17-11-24-27(3)12-17)10-21(22(23)28)26-20(18)9-15/h4-7,9-12H,8H2,1-3H3,(H2,23,28). The Morgan fingerprint density at radius 2 is 1.79 bits per heavy atom. The highest BCUT2D eigenvalue weighted by atomic mass is 16.1. The number of carbonyl (C=O) groups is 1.